The summed E-state index contributed by atoms with van der Waals surface area (Å²) in [5.41, 5.74) is 2.68. The van der Waals surface area contributed by atoms with Crippen LogP contribution in [0.15, 0.2) is 48.7 Å². The van der Waals surface area contributed by atoms with Crippen LogP contribution in [0.25, 0.3) is 0 Å². The zero-order valence-corrected chi connectivity index (χ0v) is 15.4. The van der Waals surface area contributed by atoms with Gasteiger partial charge in [-0.25, -0.2) is 0 Å². The van der Waals surface area contributed by atoms with Crippen LogP contribution in [0.2, 0.25) is 0 Å². The van der Waals surface area contributed by atoms with Gasteiger partial charge in [-0.2, -0.15) is 0 Å². The maximum absolute atomic E-state index is 12.4. The predicted octanol–water partition coefficient (Wildman–Crippen LogP) is 3.57. The molecular weight excluding hydrogens is 322 g/mol. The number of amides is 1. The Morgan fingerprint density at radius 1 is 1.08 bits per heavy atom. The Hall–Kier alpha value is -2.07. The van der Waals surface area contributed by atoms with Crippen LogP contribution in [-0.4, -0.2) is 28.0 Å². The topological polar surface area (TPSA) is 37.3 Å². The number of benzene rings is 1. The van der Waals surface area contributed by atoms with E-state index in [9.17, 15) is 4.79 Å². The van der Waals surface area contributed by atoms with Crippen LogP contribution in [0.1, 0.15) is 43.4 Å². The number of aromatic nitrogens is 1. The summed E-state index contributed by atoms with van der Waals surface area (Å²) in [4.78, 5) is 14.9. The molecule has 1 unspecified atom stereocenters. The fourth-order valence-electron chi connectivity index (χ4n) is 4.43. The van der Waals surface area contributed by atoms with Gasteiger partial charge in [-0.3, -0.25) is 9.69 Å². The average Bonchev–Trinajstić information content (AvgIpc) is 3.32. The van der Waals surface area contributed by atoms with E-state index in [2.05, 4.69) is 63.4 Å². The molecule has 1 amide bonds. The third kappa shape index (κ3) is 4.18. The van der Waals surface area contributed by atoms with Crippen molar-refractivity contribution in [1.29, 1.82) is 0 Å². The van der Waals surface area contributed by atoms with Gasteiger partial charge in [0.1, 0.15) is 0 Å². The van der Waals surface area contributed by atoms with E-state index in [1.54, 1.807) is 0 Å². The van der Waals surface area contributed by atoms with Crippen molar-refractivity contribution in [2.75, 3.05) is 6.54 Å². The number of rotatable bonds is 6. The van der Waals surface area contributed by atoms with Crippen LogP contribution >= 0.6 is 0 Å². The Kier molecular flexibility index (Phi) is 5.40. The summed E-state index contributed by atoms with van der Waals surface area (Å²) in [6.07, 6.45) is 7.90. The lowest BCUT2D eigenvalue weighted by Gasteiger charge is -2.37. The van der Waals surface area contributed by atoms with Crippen LogP contribution in [0, 0.1) is 5.92 Å². The largest absolute Gasteiger partial charge is 0.354 e. The highest BCUT2D eigenvalue weighted by atomic mass is 16.1. The van der Waals surface area contributed by atoms with Crippen LogP contribution in [0.3, 0.4) is 0 Å². The Labute approximate surface area is 156 Å². The molecule has 1 aromatic carbocycles. The minimum atomic E-state index is 0.231. The summed E-state index contributed by atoms with van der Waals surface area (Å²) in [5.74, 6) is 0.840. The Bertz CT molecular complexity index is 718. The number of hydrogen-bond donors (Lipinski definition) is 1. The molecule has 4 nitrogen and oxygen atoms in total. The molecule has 0 saturated heterocycles. The summed E-state index contributed by atoms with van der Waals surface area (Å²) >= 11 is 0. The van der Waals surface area contributed by atoms with Gasteiger partial charge in [-0.15, -0.1) is 0 Å². The first kappa shape index (κ1) is 17.3. The fraction of sp³-hybridized carbons (Fsp3) is 0.500. The minimum Gasteiger partial charge on any atom is -0.354 e. The molecule has 0 spiro atoms. The molecule has 4 rings (SSSR count). The van der Waals surface area contributed by atoms with Crippen molar-refractivity contribution < 1.29 is 4.79 Å². The summed E-state index contributed by atoms with van der Waals surface area (Å²) in [6.45, 7) is 3.54. The second-order valence-corrected chi connectivity index (χ2v) is 7.85. The Morgan fingerprint density at radius 3 is 2.69 bits per heavy atom. The monoisotopic (exact) mass is 351 g/mol. The van der Waals surface area contributed by atoms with Crippen LogP contribution in [-0.2, 0) is 24.4 Å². The van der Waals surface area contributed by atoms with Gasteiger partial charge in [0.25, 0.3) is 0 Å². The predicted molar refractivity (Wildman–Crippen MR) is 103 cm³/mol. The Morgan fingerprint density at radius 2 is 1.88 bits per heavy atom. The van der Waals surface area contributed by atoms with Crippen LogP contribution in [0.4, 0.5) is 0 Å². The second kappa shape index (κ2) is 8.09. The van der Waals surface area contributed by atoms with Crippen molar-refractivity contribution in [2.45, 2.75) is 57.8 Å². The molecule has 2 aromatic rings. The van der Waals surface area contributed by atoms with Gasteiger partial charge in [0.05, 0.1) is 0 Å². The standard InChI is InChI=1S/C22H29N3O/c26-22(13-18-7-4-5-8-18)23-14-21-17-24-12-6-11-20(24)16-25(21)15-19-9-2-1-3-10-19/h1-3,6,9-12,18,21H,4-5,7-8,13-17H2,(H,23,26). The lowest BCUT2D eigenvalue weighted by molar-refractivity contribution is -0.122. The third-order valence-electron chi connectivity index (χ3n) is 5.92. The van der Waals surface area contributed by atoms with Gasteiger partial charge in [0.2, 0.25) is 5.91 Å². The molecule has 26 heavy (non-hydrogen) atoms. The SMILES string of the molecule is O=C(CC1CCCC1)NCC1Cn2cccc2CN1Cc1ccccc1. The molecule has 1 fully saturated rings. The highest BCUT2D eigenvalue weighted by Crippen LogP contribution is 2.27. The highest BCUT2D eigenvalue weighted by molar-refractivity contribution is 5.76. The van der Waals surface area contributed by atoms with Gasteiger partial charge in [0, 0.05) is 50.5 Å². The molecule has 1 aliphatic carbocycles. The minimum absolute atomic E-state index is 0.231. The Balaban J connectivity index is 1.38. The van der Waals surface area contributed by atoms with Crippen molar-refractivity contribution in [3.05, 3.63) is 59.9 Å². The molecular formula is C22H29N3O. The van der Waals surface area contributed by atoms with Gasteiger partial charge in [-0.1, -0.05) is 43.2 Å². The average molecular weight is 351 g/mol. The number of nitrogens with one attached hydrogen (secondary N) is 1. The maximum atomic E-state index is 12.4. The van der Waals surface area contributed by atoms with E-state index in [0.717, 1.165) is 26.2 Å². The molecule has 1 aliphatic heterocycles. The van der Waals surface area contributed by atoms with Crippen LogP contribution < -0.4 is 5.32 Å². The van der Waals surface area contributed by atoms with Crippen molar-refractivity contribution >= 4 is 5.91 Å². The van der Waals surface area contributed by atoms with Crippen LogP contribution in [0.5, 0.6) is 0 Å². The van der Waals surface area contributed by atoms with Crippen molar-refractivity contribution in [3.63, 3.8) is 0 Å². The fourth-order valence-corrected chi connectivity index (χ4v) is 4.43. The number of fused-ring (bicyclic) bond motifs is 1. The van der Waals surface area contributed by atoms with Crippen molar-refractivity contribution in [3.8, 4) is 0 Å². The lowest BCUT2D eigenvalue weighted by atomic mass is 10.0. The van der Waals surface area contributed by atoms with Gasteiger partial charge in [-0.05, 0) is 36.5 Å². The van der Waals surface area contributed by atoms with Crippen molar-refractivity contribution in [2.24, 2.45) is 5.92 Å². The lowest BCUT2D eigenvalue weighted by Crippen LogP contribution is -2.48. The number of carbonyl (C=O) groups is 1. The van der Waals surface area contributed by atoms with E-state index in [-0.39, 0.29) is 5.91 Å². The summed E-state index contributed by atoms with van der Waals surface area (Å²) in [5, 5.41) is 3.22. The summed E-state index contributed by atoms with van der Waals surface area (Å²) < 4.78 is 2.33. The molecule has 1 saturated carbocycles. The third-order valence-corrected chi connectivity index (χ3v) is 5.92. The molecule has 1 atom stereocenters. The van der Waals surface area contributed by atoms with E-state index in [0.29, 0.717) is 18.4 Å². The van der Waals surface area contributed by atoms with E-state index >= 15 is 0 Å². The van der Waals surface area contributed by atoms with Gasteiger partial charge < -0.3 is 9.88 Å². The first-order valence-electron chi connectivity index (χ1n) is 9.96. The smallest absolute Gasteiger partial charge is 0.220 e. The quantitative estimate of drug-likeness (QED) is 0.864. The van der Waals surface area contributed by atoms with E-state index < -0.39 is 0 Å². The molecule has 1 aromatic heterocycles. The summed E-state index contributed by atoms with van der Waals surface area (Å²) in [7, 11) is 0. The highest BCUT2D eigenvalue weighted by Gasteiger charge is 2.26. The maximum Gasteiger partial charge on any atom is 0.220 e. The molecule has 138 valence electrons. The molecule has 2 heterocycles. The molecule has 1 N–H and O–H groups in total. The van der Waals surface area contributed by atoms with E-state index in [4.69, 9.17) is 0 Å². The molecule has 2 aliphatic rings. The molecule has 0 bridgehead atoms. The normalized spacial score (nSPS) is 20.8. The zero-order valence-electron chi connectivity index (χ0n) is 15.4. The zero-order chi connectivity index (χ0) is 17.8. The van der Waals surface area contributed by atoms with E-state index in [1.807, 2.05) is 0 Å². The summed E-state index contributed by atoms with van der Waals surface area (Å²) in [6, 6.07) is 15.3. The van der Waals surface area contributed by atoms with E-state index in [1.165, 1.54) is 36.9 Å². The number of hydrogen-bond acceptors (Lipinski definition) is 2. The first-order valence-corrected chi connectivity index (χ1v) is 9.96. The van der Waals surface area contributed by atoms with Gasteiger partial charge >= 0.3 is 0 Å². The van der Waals surface area contributed by atoms with Gasteiger partial charge in [0.15, 0.2) is 0 Å². The van der Waals surface area contributed by atoms with Crippen molar-refractivity contribution in [1.82, 2.24) is 14.8 Å². The molecule has 4 heteroatoms. The number of carbonyl (C=O) groups excluding carboxylic acids is 1. The molecule has 0 radical (unpaired) electrons. The number of nitrogens with zero attached hydrogens (tertiary/aromatic N) is 2. The first-order chi connectivity index (χ1) is 12.8. The second-order valence-electron chi connectivity index (χ2n) is 7.85.